The standard InChI is InChI=1S/C15H22N4O2.ClH/c16-7-3-8-17-14(20)10-18-15(21)19-9-6-12-4-1-2-5-13(12)11-19;/h1-2,4-5H,3,6-11,16H2,(H,17,20)(H,18,21);1H. The number of fused-ring (bicyclic) bond motifs is 1. The summed E-state index contributed by atoms with van der Waals surface area (Å²) < 4.78 is 0. The molecule has 0 spiro atoms. The number of carbonyl (C=O) groups excluding carboxylic acids is 2. The van der Waals surface area contributed by atoms with Crippen LogP contribution in [0.15, 0.2) is 24.3 Å². The molecule has 0 unspecified atom stereocenters. The number of nitrogens with zero attached hydrogens (tertiary/aromatic N) is 1. The molecule has 22 heavy (non-hydrogen) atoms. The highest BCUT2D eigenvalue weighted by Gasteiger charge is 2.20. The first kappa shape index (κ1) is 18.3. The lowest BCUT2D eigenvalue weighted by Gasteiger charge is -2.28. The largest absolute Gasteiger partial charge is 0.355 e. The van der Waals surface area contributed by atoms with Crippen molar-refractivity contribution in [1.29, 1.82) is 0 Å². The average molecular weight is 327 g/mol. The van der Waals surface area contributed by atoms with Gasteiger partial charge in [0.05, 0.1) is 6.54 Å². The number of hydrogen-bond donors (Lipinski definition) is 3. The third-order valence-electron chi connectivity index (χ3n) is 3.52. The summed E-state index contributed by atoms with van der Waals surface area (Å²) in [5.74, 6) is -0.186. The van der Waals surface area contributed by atoms with E-state index in [1.807, 2.05) is 18.2 Å². The number of nitrogens with one attached hydrogen (secondary N) is 2. The SMILES string of the molecule is Cl.NCCCNC(=O)CNC(=O)N1CCc2ccccc2C1. The van der Waals surface area contributed by atoms with E-state index in [-0.39, 0.29) is 30.9 Å². The zero-order valence-corrected chi connectivity index (χ0v) is 13.3. The Hall–Kier alpha value is -1.79. The van der Waals surface area contributed by atoms with Crippen LogP contribution in [0.4, 0.5) is 4.79 Å². The molecule has 1 heterocycles. The molecule has 2 rings (SSSR count). The fraction of sp³-hybridized carbons (Fsp3) is 0.467. The van der Waals surface area contributed by atoms with Gasteiger partial charge in [-0.3, -0.25) is 4.79 Å². The molecular weight excluding hydrogens is 304 g/mol. The van der Waals surface area contributed by atoms with Gasteiger partial charge in [-0.15, -0.1) is 12.4 Å². The summed E-state index contributed by atoms with van der Waals surface area (Å²) in [5.41, 5.74) is 7.81. The van der Waals surface area contributed by atoms with E-state index in [4.69, 9.17) is 5.73 Å². The fourth-order valence-electron chi connectivity index (χ4n) is 2.33. The molecule has 7 heteroatoms. The minimum atomic E-state index is -0.196. The van der Waals surface area contributed by atoms with Crippen LogP contribution in [0.5, 0.6) is 0 Å². The molecule has 0 aromatic heterocycles. The van der Waals surface area contributed by atoms with E-state index in [1.54, 1.807) is 4.90 Å². The summed E-state index contributed by atoms with van der Waals surface area (Å²) in [7, 11) is 0. The predicted molar refractivity (Wildman–Crippen MR) is 87.9 cm³/mol. The maximum atomic E-state index is 12.1. The second kappa shape index (κ2) is 9.27. The minimum Gasteiger partial charge on any atom is -0.355 e. The van der Waals surface area contributed by atoms with Crippen LogP contribution in [0.3, 0.4) is 0 Å². The number of halogens is 1. The molecule has 1 aromatic carbocycles. The third kappa shape index (κ3) is 5.20. The van der Waals surface area contributed by atoms with E-state index in [9.17, 15) is 9.59 Å². The molecule has 1 aliphatic heterocycles. The van der Waals surface area contributed by atoms with Crippen LogP contribution in [-0.4, -0.2) is 43.0 Å². The molecule has 0 saturated heterocycles. The predicted octanol–water partition coefficient (Wildman–Crippen LogP) is 0.641. The number of benzene rings is 1. The molecule has 0 fully saturated rings. The summed E-state index contributed by atoms with van der Waals surface area (Å²) >= 11 is 0. The highest BCUT2D eigenvalue weighted by atomic mass is 35.5. The first-order chi connectivity index (χ1) is 10.2. The Bertz CT molecular complexity index is 510. The summed E-state index contributed by atoms with van der Waals surface area (Å²) in [6.45, 7) is 2.36. The number of hydrogen-bond acceptors (Lipinski definition) is 3. The number of urea groups is 1. The van der Waals surface area contributed by atoms with E-state index >= 15 is 0 Å². The molecular formula is C15H23ClN4O2. The van der Waals surface area contributed by atoms with Crippen molar-refractivity contribution in [3.05, 3.63) is 35.4 Å². The van der Waals surface area contributed by atoms with Crippen molar-refractivity contribution in [2.45, 2.75) is 19.4 Å². The monoisotopic (exact) mass is 326 g/mol. The molecule has 1 aliphatic rings. The second-order valence-electron chi connectivity index (χ2n) is 5.09. The van der Waals surface area contributed by atoms with Gasteiger partial charge in [0.2, 0.25) is 5.91 Å². The van der Waals surface area contributed by atoms with Crippen molar-refractivity contribution < 1.29 is 9.59 Å². The lowest BCUT2D eigenvalue weighted by atomic mass is 10.0. The topological polar surface area (TPSA) is 87.5 Å². The Morgan fingerprint density at radius 3 is 2.64 bits per heavy atom. The lowest BCUT2D eigenvalue weighted by Crippen LogP contribution is -2.46. The Morgan fingerprint density at radius 1 is 1.18 bits per heavy atom. The molecule has 3 amide bonds. The van der Waals surface area contributed by atoms with Crippen LogP contribution in [0, 0.1) is 0 Å². The van der Waals surface area contributed by atoms with Gasteiger partial charge in [-0.2, -0.15) is 0 Å². The fourth-order valence-corrected chi connectivity index (χ4v) is 2.33. The Labute approximate surface area is 136 Å². The Kier molecular flexibility index (Phi) is 7.70. The maximum absolute atomic E-state index is 12.1. The van der Waals surface area contributed by atoms with Crippen molar-refractivity contribution in [3.63, 3.8) is 0 Å². The number of carbonyl (C=O) groups is 2. The highest BCUT2D eigenvalue weighted by Crippen LogP contribution is 2.18. The van der Waals surface area contributed by atoms with Crippen LogP contribution in [-0.2, 0) is 17.8 Å². The van der Waals surface area contributed by atoms with Crippen LogP contribution in [0.2, 0.25) is 0 Å². The first-order valence-electron chi connectivity index (χ1n) is 7.27. The van der Waals surface area contributed by atoms with E-state index in [1.165, 1.54) is 11.1 Å². The Morgan fingerprint density at radius 2 is 1.91 bits per heavy atom. The normalized spacial score (nSPS) is 12.9. The third-order valence-corrected chi connectivity index (χ3v) is 3.52. The van der Waals surface area contributed by atoms with Crippen LogP contribution < -0.4 is 16.4 Å². The Balaban J connectivity index is 0.00000242. The lowest BCUT2D eigenvalue weighted by molar-refractivity contribution is -0.120. The molecule has 0 bridgehead atoms. The minimum absolute atomic E-state index is 0. The molecule has 0 atom stereocenters. The number of rotatable bonds is 5. The zero-order valence-electron chi connectivity index (χ0n) is 12.5. The summed E-state index contributed by atoms with van der Waals surface area (Å²) in [5, 5.41) is 5.36. The van der Waals surface area contributed by atoms with Crippen LogP contribution in [0.25, 0.3) is 0 Å². The van der Waals surface area contributed by atoms with Gasteiger partial charge in [0.1, 0.15) is 0 Å². The number of amides is 3. The molecule has 0 radical (unpaired) electrons. The van der Waals surface area contributed by atoms with Gasteiger partial charge in [-0.1, -0.05) is 24.3 Å². The van der Waals surface area contributed by atoms with Crippen molar-refractivity contribution in [2.75, 3.05) is 26.2 Å². The van der Waals surface area contributed by atoms with Gasteiger partial charge in [-0.25, -0.2) is 4.79 Å². The molecule has 122 valence electrons. The van der Waals surface area contributed by atoms with Crippen molar-refractivity contribution in [1.82, 2.24) is 15.5 Å². The molecule has 4 N–H and O–H groups in total. The second-order valence-corrected chi connectivity index (χ2v) is 5.09. The van der Waals surface area contributed by atoms with E-state index in [0.717, 1.165) is 12.8 Å². The van der Waals surface area contributed by atoms with Gasteiger partial charge >= 0.3 is 6.03 Å². The molecule has 1 aromatic rings. The van der Waals surface area contributed by atoms with Crippen LogP contribution in [0.1, 0.15) is 17.5 Å². The first-order valence-corrected chi connectivity index (χ1v) is 7.27. The van der Waals surface area contributed by atoms with Crippen molar-refractivity contribution in [3.8, 4) is 0 Å². The summed E-state index contributed by atoms with van der Waals surface area (Å²) in [4.78, 5) is 25.3. The zero-order chi connectivity index (χ0) is 15.1. The summed E-state index contributed by atoms with van der Waals surface area (Å²) in [6.07, 6.45) is 1.59. The van der Waals surface area contributed by atoms with Gasteiger partial charge in [0, 0.05) is 19.6 Å². The maximum Gasteiger partial charge on any atom is 0.318 e. The van der Waals surface area contributed by atoms with E-state index < -0.39 is 0 Å². The van der Waals surface area contributed by atoms with Gasteiger partial charge in [0.25, 0.3) is 0 Å². The number of nitrogens with two attached hydrogens (primary N) is 1. The van der Waals surface area contributed by atoms with E-state index in [0.29, 0.717) is 26.2 Å². The summed E-state index contributed by atoms with van der Waals surface area (Å²) in [6, 6.07) is 7.92. The van der Waals surface area contributed by atoms with Crippen molar-refractivity contribution in [2.24, 2.45) is 5.73 Å². The van der Waals surface area contributed by atoms with E-state index in [2.05, 4.69) is 16.7 Å². The smallest absolute Gasteiger partial charge is 0.318 e. The van der Waals surface area contributed by atoms with Crippen molar-refractivity contribution >= 4 is 24.3 Å². The van der Waals surface area contributed by atoms with Gasteiger partial charge < -0.3 is 21.3 Å². The van der Waals surface area contributed by atoms with Gasteiger partial charge in [-0.05, 0) is 30.5 Å². The molecule has 0 aliphatic carbocycles. The highest BCUT2D eigenvalue weighted by molar-refractivity contribution is 5.85. The molecule has 6 nitrogen and oxygen atoms in total. The molecule has 0 saturated carbocycles. The van der Waals surface area contributed by atoms with Gasteiger partial charge in [0.15, 0.2) is 0 Å². The average Bonchev–Trinajstić information content (AvgIpc) is 2.52. The quantitative estimate of drug-likeness (QED) is 0.694. The van der Waals surface area contributed by atoms with Crippen LogP contribution >= 0.6 is 12.4 Å².